The van der Waals surface area contributed by atoms with Gasteiger partial charge in [0.05, 0.1) is 16.9 Å². The molecule has 186 valence electrons. The van der Waals surface area contributed by atoms with Gasteiger partial charge in [0, 0.05) is 25.2 Å². The van der Waals surface area contributed by atoms with Gasteiger partial charge in [-0.2, -0.15) is 4.31 Å². The van der Waals surface area contributed by atoms with Crippen molar-refractivity contribution in [2.45, 2.75) is 24.3 Å². The number of hydrogen-bond acceptors (Lipinski definition) is 6. The predicted molar refractivity (Wildman–Crippen MR) is 133 cm³/mol. The molecule has 0 N–H and O–H groups in total. The van der Waals surface area contributed by atoms with Crippen molar-refractivity contribution in [2.24, 2.45) is 5.92 Å². The third kappa shape index (κ3) is 4.73. The summed E-state index contributed by atoms with van der Waals surface area (Å²) in [4.78, 5) is 23.5. The number of anilines is 1. The molecule has 2 aromatic heterocycles. The number of aromatic nitrogens is 2. The predicted octanol–water partition coefficient (Wildman–Crippen LogP) is 4.60. The van der Waals surface area contributed by atoms with Crippen molar-refractivity contribution in [1.82, 2.24) is 14.3 Å². The first kappa shape index (κ1) is 24.4. The molecule has 3 heterocycles. The smallest absolute Gasteiger partial charge is 0.245 e. The molecule has 36 heavy (non-hydrogen) atoms. The van der Waals surface area contributed by atoms with E-state index in [1.807, 2.05) is 6.07 Å². The molecule has 0 saturated carbocycles. The van der Waals surface area contributed by atoms with Gasteiger partial charge in [-0.3, -0.25) is 14.7 Å². The van der Waals surface area contributed by atoms with Crippen molar-refractivity contribution in [3.8, 4) is 0 Å². The van der Waals surface area contributed by atoms with Gasteiger partial charge < -0.3 is 0 Å². The van der Waals surface area contributed by atoms with E-state index in [9.17, 15) is 22.0 Å². The van der Waals surface area contributed by atoms with Gasteiger partial charge >= 0.3 is 0 Å². The van der Waals surface area contributed by atoms with Gasteiger partial charge in [-0.15, -0.1) is 0 Å². The first-order valence-electron chi connectivity index (χ1n) is 11.4. The van der Waals surface area contributed by atoms with E-state index in [1.54, 1.807) is 30.5 Å². The van der Waals surface area contributed by atoms with Crippen LogP contribution in [0.2, 0.25) is 0 Å². The SMILES string of the molecule is O=C(C1CCN(S(=O)(=O)c2ccccc2F)CC1)N(Cc1ccccn1)c1nc2c(F)cccc2s1. The highest BCUT2D eigenvalue weighted by atomic mass is 32.2. The van der Waals surface area contributed by atoms with E-state index in [0.717, 1.165) is 6.07 Å². The maximum absolute atomic E-state index is 14.3. The number of rotatable bonds is 6. The molecule has 7 nitrogen and oxygen atoms in total. The van der Waals surface area contributed by atoms with Gasteiger partial charge in [0.1, 0.15) is 22.0 Å². The normalized spacial score (nSPS) is 15.3. The van der Waals surface area contributed by atoms with Crippen molar-refractivity contribution in [3.63, 3.8) is 0 Å². The second-order valence-corrected chi connectivity index (χ2v) is 11.4. The average Bonchev–Trinajstić information content (AvgIpc) is 3.33. The quantitative estimate of drug-likeness (QED) is 0.365. The Labute approximate surface area is 211 Å². The van der Waals surface area contributed by atoms with E-state index in [0.29, 0.717) is 15.5 Å². The first-order chi connectivity index (χ1) is 17.3. The lowest BCUT2D eigenvalue weighted by Crippen LogP contribution is -2.44. The Balaban J connectivity index is 1.39. The molecule has 0 radical (unpaired) electrons. The van der Waals surface area contributed by atoms with Crippen LogP contribution in [0.15, 0.2) is 71.8 Å². The molecule has 1 amide bonds. The number of pyridine rings is 1. The first-order valence-corrected chi connectivity index (χ1v) is 13.6. The molecule has 1 aliphatic heterocycles. The maximum Gasteiger partial charge on any atom is 0.245 e. The van der Waals surface area contributed by atoms with Crippen LogP contribution in [0, 0.1) is 17.6 Å². The molecule has 0 unspecified atom stereocenters. The average molecular weight is 529 g/mol. The van der Waals surface area contributed by atoms with Crippen LogP contribution >= 0.6 is 11.3 Å². The van der Waals surface area contributed by atoms with E-state index in [4.69, 9.17) is 0 Å². The largest absolute Gasteiger partial charge is 0.282 e. The number of sulfonamides is 1. The lowest BCUT2D eigenvalue weighted by atomic mass is 9.96. The van der Waals surface area contributed by atoms with Crippen LogP contribution in [-0.2, 0) is 21.4 Å². The van der Waals surface area contributed by atoms with Crippen molar-refractivity contribution in [3.05, 3.63) is 84.2 Å². The van der Waals surface area contributed by atoms with Gasteiger partial charge in [0.15, 0.2) is 5.13 Å². The fraction of sp³-hybridized carbons (Fsp3) is 0.240. The summed E-state index contributed by atoms with van der Waals surface area (Å²) in [5.41, 5.74) is 0.840. The molecule has 1 fully saturated rings. The fourth-order valence-electron chi connectivity index (χ4n) is 4.27. The Kier molecular flexibility index (Phi) is 6.78. The Morgan fingerprint density at radius 3 is 2.42 bits per heavy atom. The lowest BCUT2D eigenvalue weighted by molar-refractivity contribution is -0.123. The van der Waals surface area contributed by atoms with Crippen LogP contribution in [-0.4, -0.2) is 41.7 Å². The summed E-state index contributed by atoms with van der Waals surface area (Å²) in [6.07, 6.45) is 2.16. The molecule has 0 aliphatic carbocycles. The zero-order valence-electron chi connectivity index (χ0n) is 19.0. The van der Waals surface area contributed by atoms with Gasteiger partial charge in [-0.1, -0.05) is 35.6 Å². The summed E-state index contributed by atoms with van der Waals surface area (Å²) in [7, 11) is -4.01. The molecule has 4 aromatic rings. The number of para-hydroxylation sites is 1. The maximum atomic E-state index is 14.3. The molecule has 11 heteroatoms. The monoisotopic (exact) mass is 528 g/mol. The van der Waals surface area contributed by atoms with Crippen LogP contribution < -0.4 is 4.90 Å². The van der Waals surface area contributed by atoms with Crippen molar-refractivity contribution >= 4 is 42.6 Å². The second kappa shape index (κ2) is 10.00. The van der Waals surface area contributed by atoms with Gasteiger partial charge in [-0.05, 0) is 49.2 Å². The number of piperidine rings is 1. The fourth-order valence-corrected chi connectivity index (χ4v) is 6.79. The summed E-state index contributed by atoms with van der Waals surface area (Å²) in [5.74, 6) is -1.98. The van der Waals surface area contributed by atoms with E-state index in [-0.39, 0.29) is 48.8 Å². The number of fused-ring (bicyclic) bond motifs is 1. The third-order valence-corrected chi connectivity index (χ3v) is 9.13. The highest BCUT2D eigenvalue weighted by molar-refractivity contribution is 7.89. The van der Waals surface area contributed by atoms with Crippen molar-refractivity contribution in [1.29, 1.82) is 0 Å². The van der Waals surface area contributed by atoms with Gasteiger partial charge in [0.25, 0.3) is 0 Å². The molecule has 1 saturated heterocycles. The summed E-state index contributed by atoms with van der Waals surface area (Å²) in [5, 5.41) is 0.354. The number of halogens is 2. The van der Waals surface area contributed by atoms with Crippen molar-refractivity contribution < 1.29 is 22.0 Å². The molecular weight excluding hydrogens is 506 g/mol. The number of nitrogens with zero attached hydrogens (tertiary/aromatic N) is 4. The van der Waals surface area contributed by atoms with Crippen LogP contribution in [0.1, 0.15) is 18.5 Å². The minimum Gasteiger partial charge on any atom is -0.282 e. The van der Waals surface area contributed by atoms with E-state index in [1.165, 1.54) is 44.8 Å². The Morgan fingerprint density at radius 1 is 1.00 bits per heavy atom. The second-order valence-electron chi connectivity index (χ2n) is 8.44. The number of benzene rings is 2. The Hall–Kier alpha value is -3.28. The molecule has 5 rings (SSSR count). The Morgan fingerprint density at radius 2 is 1.72 bits per heavy atom. The van der Waals surface area contributed by atoms with Crippen LogP contribution in [0.3, 0.4) is 0 Å². The van der Waals surface area contributed by atoms with Crippen LogP contribution in [0.25, 0.3) is 10.2 Å². The molecule has 0 spiro atoms. The van der Waals surface area contributed by atoms with E-state index >= 15 is 0 Å². The standard InChI is InChI=1S/C25H22F2N4O3S2/c26-19-7-1-2-10-22(19)36(33,34)30-14-11-17(12-15-30)24(32)31(16-18-6-3-4-13-28-18)25-29-23-20(27)8-5-9-21(23)35-25/h1-10,13,17H,11-12,14-16H2. The van der Waals surface area contributed by atoms with Gasteiger partial charge in [0.2, 0.25) is 15.9 Å². The van der Waals surface area contributed by atoms with Gasteiger partial charge in [-0.25, -0.2) is 22.2 Å². The van der Waals surface area contributed by atoms with Crippen LogP contribution in [0.4, 0.5) is 13.9 Å². The van der Waals surface area contributed by atoms with E-state index in [2.05, 4.69) is 9.97 Å². The Bertz CT molecular complexity index is 1500. The number of thiazole rings is 1. The summed E-state index contributed by atoms with van der Waals surface area (Å²) < 4.78 is 56.2. The number of carbonyl (C=O) groups excluding carboxylic acids is 1. The third-order valence-electron chi connectivity index (χ3n) is 6.16. The summed E-state index contributed by atoms with van der Waals surface area (Å²) in [6, 6.07) is 15.3. The highest BCUT2D eigenvalue weighted by Crippen LogP contribution is 2.34. The molecule has 0 bridgehead atoms. The molecular formula is C25H22F2N4O3S2. The van der Waals surface area contributed by atoms with Crippen molar-refractivity contribution in [2.75, 3.05) is 18.0 Å². The number of hydrogen-bond donors (Lipinski definition) is 0. The minimum absolute atomic E-state index is 0.0823. The van der Waals surface area contributed by atoms with E-state index < -0.39 is 27.6 Å². The zero-order valence-corrected chi connectivity index (χ0v) is 20.7. The number of amides is 1. The number of carbonyl (C=O) groups is 1. The lowest BCUT2D eigenvalue weighted by Gasteiger charge is -2.33. The molecule has 1 aliphatic rings. The molecule has 0 atom stereocenters. The minimum atomic E-state index is -4.01. The topological polar surface area (TPSA) is 83.5 Å². The van der Waals surface area contributed by atoms with Crippen LogP contribution in [0.5, 0.6) is 0 Å². The summed E-state index contributed by atoms with van der Waals surface area (Å²) in [6.45, 7) is 0.312. The zero-order chi connectivity index (χ0) is 25.3. The summed E-state index contributed by atoms with van der Waals surface area (Å²) >= 11 is 1.21. The highest BCUT2D eigenvalue weighted by Gasteiger charge is 2.36. The molecule has 2 aromatic carbocycles.